The van der Waals surface area contributed by atoms with Crippen molar-refractivity contribution >= 4 is 18.3 Å². The van der Waals surface area contributed by atoms with Gasteiger partial charge in [-0.3, -0.25) is 4.79 Å². The van der Waals surface area contributed by atoms with Gasteiger partial charge in [-0.15, -0.1) is 12.4 Å². The molecule has 0 aromatic heterocycles. The zero-order valence-electron chi connectivity index (χ0n) is 11.2. The largest absolute Gasteiger partial charge is 0.356 e. The van der Waals surface area contributed by atoms with Gasteiger partial charge >= 0.3 is 0 Å². The number of carbonyl (C=O) groups is 1. The summed E-state index contributed by atoms with van der Waals surface area (Å²) < 4.78 is 0. The number of amides is 1. The van der Waals surface area contributed by atoms with Gasteiger partial charge in [0.15, 0.2) is 0 Å². The molecule has 1 saturated carbocycles. The first-order chi connectivity index (χ1) is 8.81. The lowest BCUT2D eigenvalue weighted by Crippen LogP contribution is -2.36. The summed E-state index contributed by atoms with van der Waals surface area (Å²) in [6.45, 7) is 1.35. The van der Waals surface area contributed by atoms with E-state index in [-0.39, 0.29) is 24.2 Å². The van der Waals surface area contributed by atoms with E-state index in [1.165, 1.54) is 5.56 Å². The third kappa shape index (κ3) is 4.51. The van der Waals surface area contributed by atoms with E-state index >= 15 is 0 Å². The quantitative estimate of drug-likeness (QED) is 0.869. The lowest BCUT2D eigenvalue weighted by atomic mass is 9.95. The number of hydrogen-bond acceptors (Lipinski definition) is 2. The topological polar surface area (TPSA) is 55.1 Å². The van der Waals surface area contributed by atoms with Gasteiger partial charge < -0.3 is 11.1 Å². The fourth-order valence-corrected chi connectivity index (χ4v) is 2.77. The zero-order valence-corrected chi connectivity index (χ0v) is 12.0. The number of hydrogen-bond donors (Lipinski definition) is 2. The van der Waals surface area contributed by atoms with Gasteiger partial charge in [-0.2, -0.15) is 0 Å². The molecular formula is C15H23ClN2O. The summed E-state index contributed by atoms with van der Waals surface area (Å²) in [6.07, 6.45) is 4.14. The molecule has 0 unspecified atom stereocenters. The average Bonchev–Trinajstić information content (AvgIpc) is 2.88. The van der Waals surface area contributed by atoms with E-state index in [9.17, 15) is 4.79 Å². The van der Waals surface area contributed by atoms with Crippen LogP contribution < -0.4 is 11.1 Å². The molecule has 1 aromatic carbocycles. The Hall–Kier alpha value is -1.06. The van der Waals surface area contributed by atoms with E-state index in [1.807, 2.05) is 18.2 Å². The van der Waals surface area contributed by atoms with Crippen molar-refractivity contribution in [2.75, 3.05) is 13.1 Å². The van der Waals surface area contributed by atoms with Crippen LogP contribution in [0, 0.1) is 11.8 Å². The molecule has 1 aliphatic carbocycles. The second-order valence-corrected chi connectivity index (χ2v) is 5.06. The predicted octanol–water partition coefficient (Wildman–Crippen LogP) is 2.14. The SMILES string of the molecule is Cl.NC[C@H]1CCC[C@H]1C(=O)NCCc1ccccc1. The van der Waals surface area contributed by atoms with Crippen molar-refractivity contribution in [3.63, 3.8) is 0 Å². The molecule has 1 aromatic rings. The molecule has 0 aliphatic heterocycles. The number of nitrogens with one attached hydrogen (secondary N) is 1. The first kappa shape index (κ1) is 16.0. The van der Waals surface area contributed by atoms with Crippen molar-refractivity contribution in [2.45, 2.75) is 25.7 Å². The second-order valence-electron chi connectivity index (χ2n) is 5.06. The molecule has 0 heterocycles. The smallest absolute Gasteiger partial charge is 0.223 e. The normalized spacial score (nSPS) is 21.7. The maximum Gasteiger partial charge on any atom is 0.223 e. The Labute approximate surface area is 121 Å². The molecule has 0 spiro atoms. The van der Waals surface area contributed by atoms with Crippen molar-refractivity contribution in [1.29, 1.82) is 0 Å². The van der Waals surface area contributed by atoms with E-state index in [1.54, 1.807) is 0 Å². The highest BCUT2D eigenvalue weighted by atomic mass is 35.5. The Bertz CT molecular complexity index is 383. The van der Waals surface area contributed by atoms with Gasteiger partial charge in [0.25, 0.3) is 0 Å². The third-order valence-corrected chi connectivity index (χ3v) is 3.85. The summed E-state index contributed by atoms with van der Waals surface area (Å²) in [6, 6.07) is 10.2. The van der Waals surface area contributed by atoms with Crippen LogP contribution in [-0.2, 0) is 11.2 Å². The van der Waals surface area contributed by atoms with Crippen LogP contribution >= 0.6 is 12.4 Å². The Kier molecular flexibility index (Phi) is 6.89. The number of carbonyl (C=O) groups excluding carboxylic acids is 1. The lowest BCUT2D eigenvalue weighted by Gasteiger charge is -2.17. The summed E-state index contributed by atoms with van der Waals surface area (Å²) >= 11 is 0. The molecule has 0 radical (unpaired) electrons. The number of nitrogens with two attached hydrogens (primary N) is 1. The summed E-state index contributed by atoms with van der Waals surface area (Å²) in [5, 5.41) is 3.04. The van der Waals surface area contributed by atoms with Crippen molar-refractivity contribution in [3.8, 4) is 0 Å². The number of halogens is 1. The summed E-state index contributed by atoms with van der Waals surface area (Å²) in [4.78, 5) is 12.0. The summed E-state index contributed by atoms with van der Waals surface area (Å²) in [5.74, 6) is 0.728. The molecular weight excluding hydrogens is 260 g/mol. The van der Waals surface area contributed by atoms with E-state index in [2.05, 4.69) is 17.4 Å². The van der Waals surface area contributed by atoms with Gasteiger partial charge in [-0.25, -0.2) is 0 Å². The Balaban J connectivity index is 0.00000180. The van der Waals surface area contributed by atoms with Crippen molar-refractivity contribution < 1.29 is 4.79 Å². The minimum Gasteiger partial charge on any atom is -0.356 e. The van der Waals surface area contributed by atoms with Gasteiger partial charge in [0, 0.05) is 12.5 Å². The molecule has 0 saturated heterocycles. The van der Waals surface area contributed by atoms with Crippen molar-refractivity contribution in [1.82, 2.24) is 5.32 Å². The Morgan fingerprint density at radius 3 is 2.68 bits per heavy atom. The minimum absolute atomic E-state index is 0. The standard InChI is InChI=1S/C15H22N2O.ClH/c16-11-13-7-4-8-14(13)15(18)17-10-9-12-5-2-1-3-6-12;/h1-3,5-6,13-14H,4,7-11,16H2,(H,17,18);1H/t13-,14-;/m1./s1. The number of rotatable bonds is 5. The van der Waals surface area contributed by atoms with Gasteiger partial charge in [0.1, 0.15) is 0 Å². The maximum atomic E-state index is 12.0. The first-order valence-electron chi connectivity index (χ1n) is 6.83. The van der Waals surface area contributed by atoms with Crippen LogP contribution in [0.4, 0.5) is 0 Å². The highest BCUT2D eigenvalue weighted by Crippen LogP contribution is 2.30. The van der Waals surface area contributed by atoms with E-state index in [4.69, 9.17) is 5.73 Å². The van der Waals surface area contributed by atoms with Crippen LogP contribution in [0.3, 0.4) is 0 Å². The summed E-state index contributed by atoms with van der Waals surface area (Å²) in [5.41, 5.74) is 6.97. The van der Waals surface area contributed by atoms with Gasteiger partial charge in [0.05, 0.1) is 0 Å². The molecule has 0 bridgehead atoms. The molecule has 1 fully saturated rings. The first-order valence-corrected chi connectivity index (χ1v) is 6.83. The van der Waals surface area contributed by atoms with E-state index in [0.29, 0.717) is 12.5 Å². The monoisotopic (exact) mass is 282 g/mol. The van der Waals surface area contributed by atoms with E-state index in [0.717, 1.165) is 32.2 Å². The fourth-order valence-electron chi connectivity index (χ4n) is 2.77. The fraction of sp³-hybridized carbons (Fsp3) is 0.533. The van der Waals surface area contributed by atoms with Gasteiger partial charge in [0.2, 0.25) is 5.91 Å². The molecule has 19 heavy (non-hydrogen) atoms. The van der Waals surface area contributed by atoms with Crippen molar-refractivity contribution in [3.05, 3.63) is 35.9 Å². The summed E-state index contributed by atoms with van der Waals surface area (Å²) in [7, 11) is 0. The van der Waals surface area contributed by atoms with Gasteiger partial charge in [-0.1, -0.05) is 36.8 Å². The van der Waals surface area contributed by atoms with Crippen LogP contribution in [0.25, 0.3) is 0 Å². The average molecular weight is 283 g/mol. The molecule has 1 amide bonds. The predicted molar refractivity (Wildman–Crippen MR) is 80.3 cm³/mol. The van der Waals surface area contributed by atoms with Crippen LogP contribution in [0.2, 0.25) is 0 Å². The molecule has 106 valence electrons. The highest BCUT2D eigenvalue weighted by Gasteiger charge is 2.31. The molecule has 1 aliphatic rings. The van der Waals surface area contributed by atoms with Crippen LogP contribution in [0.1, 0.15) is 24.8 Å². The molecule has 4 heteroatoms. The Morgan fingerprint density at radius 1 is 1.26 bits per heavy atom. The van der Waals surface area contributed by atoms with Crippen LogP contribution in [0.15, 0.2) is 30.3 Å². The van der Waals surface area contributed by atoms with Crippen LogP contribution in [-0.4, -0.2) is 19.0 Å². The molecule has 3 N–H and O–H groups in total. The number of benzene rings is 1. The highest BCUT2D eigenvalue weighted by molar-refractivity contribution is 5.85. The Morgan fingerprint density at radius 2 is 2.00 bits per heavy atom. The van der Waals surface area contributed by atoms with Gasteiger partial charge in [-0.05, 0) is 37.3 Å². The van der Waals surface area contributed by atoms with Crippen LogP contribution in [0.5, 0.6) is 0 Å². The molecule has 3 nitrogen and oxygen atoms in total. The maximum absolute atomic E-state index is 12.0. The zero-order chi connectivity index (χ0) is 12.8. The molecule has 2 rings (SSSR count). The minimum atomic E-state index is 0. The lowest BCUT2D eigenvalue weighted by molar-refractivity contribution is -0.125. The van der Waals surface area contributed by atoms with E-state index < -0.39 is 0 Å². The van der Waals surface area contributed by atoms with Crippen molar-refractivity contribution in [2.24, 2.45) is 17.6 Å². The second kappa shape index (κ2) is 8.18. The third-order valence-electron chi connectivity index (χ3n) is 3.85. The molecule has 2 atom stereocenters.